The molecule has 1 saturated heterocycles. The first kappa shape index (κ1) is 17.6. The molecule has 1 unspecified atom stereocenters. The van der Waals surface area contributed by atoms with Crippen LogP contribution in [0.3, 0.4) is 0 Å². The molecule has 1 aromatic carbocycles. The van der Waals surface area contributed by atoms with Crippen molar-refractivity contribution in [2.75, 3.05) is 13.1 Å². The lowest BCUT2D eigenvalue weighted by molar-refractivity contribution is -0.143. The Morgan fingerprint density at radius 3 is 2.59 bits per heavy atom. The maximum Gasteiger partial charge on any atom is 0.306 e. The molecule has 0 saturated carbocycles. The van der Waals surface area contributed by atoms with E-state index >= 15 is 0 Å². The average Bonchev–Trinajstić information content (AvgIpc) is 2.70. The van der Waals surface area contributed by atoms with Gasteiger partial charge in [-0.2, -0.15) is 0 Å². The van der Waals surface area contributed by atoms with Crippen molar-refractivity contribution in [3.8, 4) is 0 Å². The van der Waals surface area contributed by atoms with Gasteiger partial charge >= 0.3 is 5.97 Å². The summed E-state index contributed by atoms with van der Waals surface area (Å²) in [5, 5.41) is 10.4. The SMILES string of the molecule is Cc1ccc(C(c2cnc3ccccc3c2)N2CCC(C(=O)O)CC2)nc1. The van der Waals surface area contributed by atoms with E-state index in [0.29, 0.717) is 12.8 Å². The van der Waals surface area contributed by atoms with Crippen molar-refractivity contribution in [3.63, 3.8) is 0 Å². The van der Waals surface area contributed by atoms with Gasteiger partial charge in [-0.3, -0.25) is 19.7 Å². The number of fused-ring (bicyclic) bond motifs is 1. The number of carboxylic acid groups (broad SMARTS) is 1. The Morgan fingerprint density at radius 1 is 1.11 bits per heavy atom. The van der Waals surface area contributed by atoms with Gasteiger partial charge in [0, 0.05) is 17.8 Å². The Labute approximate surface area is 158 Å². The van der Waals surface area contributed by atoms with Crippen LogP contribution in [0.5, 0.6) is 0 Å². The zero-order valence-electron chi connectivity index (χ0n) is 15.4. The van der Waals surface area contributed by atoms with Gasteiger partial charge in [-0.1, -0.05) is 24.3 Å². The number of benzene rings is 1. The molecule has 1 N–H and O–H groups in total. The second-order valence-electron chi connectivity index (χ2n) is 7.27. The van der Waals surface area contributed by atoms with Gasteiger partial charge < -0.3 is 5.11 Å². The summed E-state index contributed by atoms with van der Waals surface area (Å²) in [5.74, 6) is -0.936. The monoisotopic (exact) mass is 361 g/mol. The van der Waals surface area contributed by atoms with Gasteiger partial charge in [0.2, 0.25) is 0 Å². The standard InChI is InChI=1S/C22H23N3O2/c1-15-6-7-20(23-13-15)21(25-10-8-16(9-11-25)22(26)27)18-12-17-4-2-3-5-19(17)24-14-18/h2-7,12-14,16,21H,8-11H2,1H3,(H,26,27). The molecular formula is C22H23N3O2. The van der Waals surface area contributed by atoms with Gasteiger partial charge in [0.1, 0.15) is 0 Å². The molecular weight excluding hydrogens is 338 g/mol. The first-order valence-electron chi connectivity index (χ1n) is 9.36. The smallest absolute Gasteiger partial charge is 0.306 e. The molecule has 5 heteroatoms. The summed E-state index contributed by atoms with van der Waals surface area (Å²) in [5.41, 5.74) is 4.17. The lowest BCUT2D eigenvalue weighted by atomic mass is 9.93. The van der Waals surface area contributed by atoms with E-state index in [1.807, 2.05) is 37.5 Å². The van der Waals surface area contributed by atoms with Crippen molar-refractivity contribution in [1.82, 2.24) is 14.9 Å². The van der Waals surface area contributed by atoms with Crippen LogP contribution in [-0.4, -0.2) is 39.0 Å². The highest BCUT2D eigenvalue weighted by atomic mass is 16.4. The van der Waals surface area contributed by atoms with E-state index in [0.717, 1.165) is 40.8 Å². The lowest BCUT2D eigenvalue weighted by Gasteiger charge is -2.36. The first-order valence-corrected chi connectivity index (χ1v) is 9.36. The summed E-state index contributed by atoms with van der Waals surface area (Å²) >= 11 is 0. The van der Waals surface area contributed by atoms with Crippen molar-refractivity contribution in [3.05, 3.63) is 71.7 Å². The fourth-order valence-electron chi connectivity index (χ4n) is 3.85. The number of hydrogen-bond acceptors (Lipinski definition) is 4. The number of hydrogen-bond donors (Lipinski definition) is 1. The van der Waals surface area contributed by atoms with Crippen LogP contribution in [0.2, 0.25) is 0 Å². The highest BCUT2D eigenvalue weighted by molar-refractivity contribution is 5.79. The zero-order chi connectivity index (χ0) is 18.8. The highest BCUT2D eigenvalue weighted by Gasteiger charge is 2.31. The first-order chi connectivity index (χ1) is 13.1. The van der Waals surface area contributed by atoms with E-state index in [4.69, 9.17) is 0 Å². The molecule has 1 aliphatic heterocycles. The summed E-state index contributed by atoms with van der Waals surface area (Å²) in [6, 6.07) is 14.4. The molecule has 0 amide bonds. The topological polar surface area (TPSA) is 66.3 Å². The minimum atomic E-state index is -0.688. The number of nitrogens with zero attached hydrogens (tertiary/aromatic N) is 3. The fourth-order valence-corrected chi connectivity index (χ4v) is 3.85. The van der Waals surface area contributed by atoms with Gasteiger partial charge in [0.05, 0.1) is 23.2 Å². The number of para-hydroxylation sites is 1. The maximum atomic E-state index is 11.3. The number of rotatable bonds is 4. The number of aliphatic carboxylic acids is 1. The van der Waals surface area contributed by atoms with E-state index in [1.165, 1.54) is 0 Å². The number of piperidine rings is 1. The third-order valence-electron chi connectivity index (χ3n) is 5.39. The molecule has 1 aliphatic rings. The molecule has 0 bridgehead atoms. The maximum absolute atomic E-state index is 11.3. The molecule has 5 nitrogen and oxygen atoms in total. The Balaban J connectivity index is 1.71. The molecule has 3 heterocycles. The van der Waals surface area contributed by atoms with Crippen LogP contribution in [0.25, 0.3) is 10.9 Å². The van der Waals surface area contributed by atoms with E-state index in [2.05, 4.69) is 39.1 Å². The van der Waals surface area contributed by atoms with Gasteiger partial charge in [-0.25, -0.2) is 0 Å². The van der Waals surface area contributed by atoms with Crippen LogP contribution in [0, 0.1) is 12.8 Å². The summed E-state index contributed by atoms with van der Waals surface area (Å²) in [6.45, 7) is 3.51. The van der Waals surface area contributed by atoms with Gasteiger partial charge in [0.25, 0.3) is 0 Å². The number of carbonyl (C=O) groups is 1. The third kappa shape index (κ3) is 3.69. The molecule has 0 aliphatic carbocycles. The average molecular weight is 361 g/mol. The molecule has 4 rings (SSSR count). The lowest BCUT2D eigenvalue weighted by Crippen LogP contribution is -2.39. The number of aryl methyl sites for hydroxylation is 1. The van der Waals surface area contributed by atoms with Crippen LogP contribution in [-0.2, 0) is 4.79 Å². The van der Waals surface area contributed by atoms with Gasteiger partial charge in [0.15, 0.2) is 0 Å². The van der Waals surface area contributed by atoms with Crippen molar-refractivity contribution >= 4 is 16.9 Å². The predicted molar refractivity (Wildman–Crippen MR) is 104 cm³/mol. The van der Waals surface area contributed by atoms with Crippen molar-refractivity contribution in [2.45, 2.75) is 25.8 Å². The van der Waals surface area contributed by atoms with Crippen LogP contribution < -0.4 is 0 Å². The quantitative estimate of drug-likeness (QED) is 0.765. The van der Waals surface area contributed by atoms with Crippen molar-refractivity contribution in [1.29, 1.82) is 0 Å². The molecule has 3 aromatic rings. The second kappa shape index (κ2) is 7.45. The molecule has 1 atom stereocenters. The van der Waals surface area contributed by atoms with E-state index in [1.54, 1.807) is 0 Å². The minimum Gasteiger partial charge on any atom is -0.481 e. The number of pyridine rings is 2. The minimum absolute atomic E-state index is 0.0162. The summed E-state index contributed by atoms with van der Waals surface area (Å²) in [4.78, 5) is 23.0. The molecule has 2 aromatic heterocycles. The Hall–Kier alpha value is -2.79. The van der Waals surface area contributed by atoms with Crippen LogP contribution in [0.1, 0.15) is 35.7 Å². The Bertz CT molecular complexity index is 947. The molecule has 1 fully saturated rings. The van der Waals surface area contributed by atoms with E-state index < -0.39 is 5.97 Å². The summed E-state index contributed by atoms with van der Waals surface area (Å²) in [7, 11) is 0. The molecule has 27 heavy (non-hydrogen) atoms. The zero-order valence-corrected chi connectivity index (χ0v) is 15.4. The van der Waals surface area contributed by atoms with Gasteiger partial charge in [-0.05, 0) is 62.2 Å². The number of carboxylic acids is 1. The van der Waals surface area contributed by atoms with Crippen LogP contribution >= 0.6 is 0 Å². The van der Waals surface area contributed by atoms with Crippen molar-refractivity contribution in [2.24, 2.45) is 5.92 Å². The van der Waals surface area contributed by atoms with E-state index in [9.17, 15) is 9.90 Å². The highest BCUT2D eigenvalue weighted by Crippen LogP contribution is 2.32. The van der Waals surface area contributed by atoms with Crippen LogP contribution in [0.15, 0.2) is 54.9 Å². The molecule has 0 radical (unpaired) electrons. The van der Waals surface area contributed by atoms with Crippen molar-refractivity contribution < 1.29 is 9.90 Å². The summed E-state index contributed by atoms with van der Waals surface area (Å²) in [6.07, 6.45) is 5.15. The third-order valence-corrected chi connectivity index (χ3v) is 5.39. The summed E-state index contributed by atoms with van der Waals surface area (Å²) < 4.78 is 0. The Morgan fingerprint density at radius 2 is 1.89 bits per heavy atom. The Kier molecular flexibility index (Phi) is 4.86. The van der Waals surface area contributed by atoms with Gasteiger partial charge in [-0.15, -0.1) is 0 Å². The molecule has 138 valence electrons. The second-order valence-corrected chi connectivity index (χ2v) is 7.27. The molecule has 0 spiro atoms. The van der Waals surface area contributed by atoms with E-state index in [-0.39, 0.29) is 12.0 Å². The number of aromatic nitrogens is 2. The predicted octanol–water partition coefficient (Wildman–Crippen LogP) is 3.82. The normalized spacial score (nSPS) is 17.1. The fraction of sp³-hybridized carbons (Fsp3) is 0.318. The van der Waals surface area contributed by atoms with Crippen LogP contribution in [0.4, 0.5) is 0 Å². The number of likely N-dealkylation sites (tertiary alicyclic amines) is 1. The largest absolute Gasteiger partial charge is 0.481 e.